The number of nitrogens with one attached hydrogen (secondary N) is 2. The summed E-state index contributed by atoms with van der Waals surface area (Å²) in [4.78, 5) is 2.80. The summed E-state index contributed by atoms with van der Waals surface area (Å²) in [5.41, 5.74) is 1.37. The van der Waals surface area contributed by atoms with Gasteiger partial charge in [0.05, 0.1) is 5.75 Å². The minimum absolute atomic E-state index is 0.0961. The maximum atomic E-state index is 11.8. The zero-order valence-corrected chi connectivity index (χ0v) is 11.7. The molecule has 2 N–H and O–H groups in total. The van der Waals surface area contributed by atoms with Crippen molar-refractivity contribution in [3.63, 3.8) is 0 Å². The Bertz CT molecular complexity index is 936. The van der Waals surface area contributed by atoms with Gasteiger partial charge in [0.2, 0.25) is 10.0 Å². The number of rotatable bonds is 6. The lowest BCUT2D eigenvalue weighted by atomic mass is 10.1. The van der Waals surface area contributed by atoms with Gasteiger partial charge in [-0.3, -0.25) is 0 Å². The highest BCUT2D eigenvalue weighted by atomic mass is 32.2. The van der Waals surface area contributed by atoms with Crippen LogP contribution in [0.1, 0.15) is 22.1 Å². The van der Waals surface area contributed by atoms with Crippen molar-refractivity contribution in [1.82, 2.24) is 14.6 Å². The number of aromatic nitrogens is 1. The lowest BCUT2D eigenvalue weighted by Crippen LogP contribution is -2.20. The molecular weight excluding hydrogens is 274 g/mol. The number of likely N-dealkylation sites (N-methyl/N-ethyl adjacent to an activating group) is 1. The predicted molar refractivity (Wildman–Crippen MR) is 82.2 cm³/mol. The minimum Gasteiger partial charge on any atom is -0.361 e. The topological polar surface area (TPSA) is 65.2 Å². The molecule has 0 saturated carbocycles. The number of benzene rings is 1. The molecule has 0 unspecified atom stereocenters. The third-order valence-electron chi connectivity index (χ3n) is 2.93. The van der Waals surface area contributed by atoms with E-state index < -0.39 is 36.9 Å². The van der Waals surface area contributed by atoms with Crippen molar-refractivity contribution in [2.45, 2.75) is 12.2 Å². The molecule has 0 fully saturated rings. The first kappa shape index (κ1) is 7.59. The maximum Gasteiger partial charge on any atom is 0.215 e. The molecule has 1 aromatic heterocycles. The van der Waals surface area contributed by atoms with E-state index in [4.69, 9.17) is 11.0 Å². The van der Waals surface area contributed by atoms with Gasteiger partial charge >= 0.3 is 0 Å². The zero-order chi connectivity index (χ0) is 21.5. The fraction of sp³-hybridized carbons (Fsp3) is 0.429. The number of nitrogens with zero attached hydrogens (tertiary/aromatic N) is 1. The Balaban J connectivity index is 2.44. The molecule has 2 aromatic rings. The quantitative estimate of drug-likeness (QED) is 0.846. The van der Waals surface area contributed by atoms with Crippen LogP contribution < -0.4 is 4.72 Å². The molecule has 0 spiro atoms. The van der Waals surface area contributed by atoms with Crippen LogP contribution in [-0.2, 0) is 22.2 Å². The number of aryl methyl sites for hydroxylation is 1. The van der Waals surface area contributed by atoms with E-state index >= 15 is 0 Å². The Kier molecular flexibility index (Phi) is 2.26. The number of fused-ring (bicyclic) bond motifs is 1. The highest BCUT2D eigenvalue weighted by Crippen LogP contribution is 2.21. The normalized spacial score (nSPS) is 20.3. The van der Waals surface area contributed by atoms with Crippen LogP contribution in [0.5, 0.6) is 0 Å². The van der Waals surface area contributed by atoms with Gasteiger partial charge < -0.3 is 9.88 Å². The summed E-state index contributed by atoms with van der Waals surface area (Å²) in [5, 5.41) is 0.490. The lowest BCUT2D eigenvalue weighted by molar-refractivity contribution is 0.414. The van der Waals surface area contributed by atoms with Gasteiger partial charge in [0, 0.05) is 34.6 Å². The van der Waals surface area contributed by atoms with E-state index in [0.29, 0.717) is 22.0 Å². The summed E-state index contributed by atoms with van der Waals surface area (Å²) in [6, 6.07) is 4.78. The Labute approximate surface area is 131 Å². The standard InChI is InChI=1S/C14H21N3O2S/c1-15-20(18,19)10-11-4-5-14-13(8-11)12(9-16-14)6-7-17(2)3/h4-5,8-9,15-16H,6-7,10H2,1-3H3/i2D3,3D3,7D2. The molecule has 0 radical (unpaired) electrons. The van der Waals surface area contributed by atoms with Crippen LogP contribution in [0.15, 0.2) is 24.4 Å². The first-order chi connectivity index (χ1) is 12.6. The number of aromatic amines is 1. The number of hydrogen-bond acceptors (Lipinski definition) is 3. The predicted octanol–water partition coefficient (Wildman–Crippen LogP) is 1.32. The van der Waals surface area contributed by atoms with Crippen molar-refractivity contribution in [3.05, 3.63) is 35.5 Å². The van der Waals surface area contributed by atoms with Crippen LogP contribution in [0.25, 0.3) is 10.9 Å². The molecule has 6 heteroatoms. The molecule has 2 rings (SSSR count). The van der Waals surface area contributed by atoms with Gasteiger partial charge in [-0.05, 0) is 50.7 Å². The molecule has 0 aliphatic heterocycles. The van der Waals surface area contributed by atoms with Gasteiger partial charge in [-0.1, -0.05) is 6.07 Å². The van der Waals surface area contributed by atoms with Crippen molar-refractivity contribution in [2.24, 2.45) is 0 Å². The third-order valence-corrected chi connectivity index (χ3v) is 4.26. The Morgan fingerprint density at radius 1 is 1.45 bits per heavy atom. The van der Waals surface area contributed by atoms with E-state index in [9.17, 15) is 8.42 Å². The van der Waals surface area contributed by atoms with Crippen LogP contribution in [0, 0.1) is 0 Å². The molecule has 0 aliphatic carbocycles. The summed E-state index contributed by atoms with van der Waals surface area (Å²) < 4.78 is 86.5. The van der Waals surface area contributed by atoms with Crippen LogP contribution in [0.2, 0.25) is 0 Å². The highest BCUT2D eigenvalue weighted by molar-refractivity contribution is 7.88. The first-order valence-corrected chi connectivity index (χ1v) is 7.53. The first-order valence-electron chi connectivity index (χ1n) is 9.87. The van der Waals surface area contributed by atoms with Gasteiger partial charge in [0.15, 0.2) is 0 Å². The number of sulfonamides is 1. The smallest absolute Gasteiger partial charge is 0.215 e. The van der Waals surface area contributed by atoms with Gasteiger partial charge in [-0.2, -0.15) is 0 Å². The number of hydrogen-bond donors (Lipinski definition) is 2. The van der Waals surface area contributed by atoms with Crippen LogP contribution in [0.4, 0.5) is 0 Å². The molecule has 1 heterocycles. The van der Waals surface area contributed by atoms with E-state index in [2.05, 4.69) is 9.71 Å². The van der Waals surface area contributed by atoms with Gasteiger partial charge in [0.1, 0.15) is 0 Å². The van der Waals surface area contributed by atoms with Crippen molar-refractivity contribution in [3.8, 4) is 0 Å². The summed E-state index contributed by atoms with van der Waals surface area (Å²) in [6.45, 7) is -9.06. The fourth-order valence-corrected chi connectivity index (χ4v) is 2.68. The van der Waals surface area contributed by atoms with Crippen molar-refractivity contribution in [1.29, 1.82) is 0 Å². The largest absolute Gasteiger partial charge is 0.361 e. The van der Waals surface area contributed by atoms with Crippen LogP contribution in [0.3, 0.4) is 0 Å². The summed E-state index contributed by atoms with van der Waals surface area (Å²) in [6.07, 6.45) is 0.933. The molecule has 110 valence electrons. The highest BCUT2D eigenvalue weighted by Gasteiger charge is 2.11. The molecular formula is C14H21N3O2S. The summed E-state index contributed by atoms with van der Waals surface area (Å²) in [5.74, 6) is -0.284. The van der Waals surface area contributed by atoms with E-state index in [0.717, 1.165) is 0 Å². The SMILES string of the molecule is [2H]C([2H])([2H])N(C([2H])([2H])[2H])C([2H])([2H])Cc1c[nH]c2ccc(CS(=O)(=O)NC)cc12. The Morgan fingerprint density at radius 3 is 2.95 bits per heavy atom. The van der Waals surface area contributed by atoms with E-state index in [1.165, 1.54) is 13.2 Å². The maximum absolute atomic E-state index is 11.8. The second-order valence-electron chi connectivity index (χ2n) is 4.33. The summed E-state index contributed by atoms with van der Waals surface area (Å²) >= 11 is 0. The average Bonchev–Trinajstić information content (AvgIpc) is 2.85. The van der Waals surface area contributed by atoms with Crippen LogP contribution in [-0.4, -0.2) is 45.8 Å². The average molecular weight is 303 g/mol. The second kappa shape index (κ2) is 5.95. The number of H-pyrrole nitrogens is 1. The van der Waals surface area contributed by atoms with E-state index in [1.807, 2.05) is 0 Å². The van der Waals surface area contributed by atoms with Gasteiger partial charge in [-0.25, -0.2) is 13.1 Å². The van der Waals surface area contributed by atoms with Crippen LogP contribution >= 0.6 is 0 Å². The van der Waals surface area contributed by atoms with E-state index in [-0.39, 0.29) is 10.7 Å². The minimum atomic E-state index is -3.52. The van der Waals surface area contributed by atoms with Gasteiger partial charge in [0.25, 0.3) is 0 Å². The molecule has 1 aromatic carbocycles. The zero-order valence-electron chi connectivity index (χ0n) is 18.9. The fourth-order valence-electron chi connectivity index (χ4n) is 1.92. The Hall–Kier alpha value is -1.37. The lowest BCUT2D eigenvalue weighted by Gasteiger charge is -2.08. The molecule has 0 bridgehead atoms. The molecule has 0 atom stereocenters. The second-order valence-corrected chi connectivity index (χ2v) is 6.25. The monoisotopic (exact) mass is 303 g/mol. The van der Waals surface area contributed by atoms with Crippen molar-refractivity contribution < 1.29 is 19.4 Å². The molecule has 20 heavy (non-hydrogen) atoms. The summed E-state index contributed by atoms with van der Waals surface area (Å²) in [7, 11) is -2.22. The molecule has 0 aliphatic rings. The molecule has 0 saturated heterocycles. The Morgan fingerprint density at radius 2 is 2.25 bits per heavy atom. The van der Waals surface area contributed by atoms with Crippen molar-refractivity contribution in [2.75, 3.05) is 27.5 Å². The van der Waals surface area contributed by atoms with Gasteiger partial charge in [-0.15, -0.1) is 0 Å². The van der Waals surface area contributed by atoms with E-state index in [1.54, 1.807) is 18.2 Å². The van der Waals surface area contributed by atoms with Crippen molar-refractivity contribution >= 4 is 20.9 Å². The third kappa shape index (κ3) is 3.59. The molecule has 0 amide bonds. The molecule has 5 nitrogen and oxygen atoms in total.